The minimum atomic E-state index is -0.173. The van der Waals surface area contributed by atoms with E-state index >= 15 is 0 Å². The minimum Gasteiger partial charge on any atom is -0.507 e. The van der Waals surface area contributed by atoms with E-state index in [1.54, 1.807) is 6.07 Å². The number of piperidine rings is 1. The Kier molecular flexibility index (Phi) is 5.60. The molecule has 1 saturated heterocycles. The summed E-state index contributed by atoms with van der Waals surface area (Å²) >= 11 is 0. The molecular weight excluding hydrogens is 398 g/mol. The van der Waals surface area contributed by atoms with Gasteiger partial charge in [0, 0.05) is 23.1 Å². The zero-order valence-electron chi connectivity index (χ0n) is 18.7. The van der Waals surface area contributed by atoms with Gasteiger partial charge in [-0.2, -0.15) is 0 Å². The fourth-order valence-electron chi connectivity index (χ4n) is 4.96. The van der Waals surface area contributed by atoms with Crippen molar-refractivity contribution in [2.24, 2.45) is 5.92 Å². The summed E-state index contributed by atoms with van der Waals surface area (Å²) in [6.07, 6.45) is 6.90. The number of benzene rings is 1. The molecule has 5 rings (SSSR count). The van der Waals surface area contributed by atoms with Crippen LogP contribution >= 0.6 is 0 Å². The first-order chi connectivity index (χ1) is 15.5. The van der Waals surface area contributed by atoms with Gasteiger partial charge in [-0.15, -0.1) is 0 Å². The van der Waals surface area contributed by atoms with Crippen molar-refractivity contribution in [3.05, 3.63) is 64.0 Å². The molecule has 0 bridgehead atoms. The molecule has 2 aliphatic rings. The number of aromatic nitrogens is 2. The third-order valence-electron chi connectivity index (χ3n) is 6.96. The average molecular weight is 430 g/mol. The number of nitrogens with zero attached hydrogens (tertiary/aromatic N) is 1. The van der Waals surface area contributed by atoms with Gasteiger partial charge in [0.05, 0.1) is 5.69 Å². The monoisotopic (exact) mass is 429 g/mol. The highest BCUT2D eigenvalue weighted by molar-refractivity contribution is 5.86. The Hall–Kier alpha value is -2.92. The molecule has 1 unspecified atom stereocenters. The Balaban J connectivity index is 1.70. The smallest absolute Gasteiger partial charge is 0.257 e. The van der Waals surface area contributed by atoms with E-state index < -0.39 is 0 Å². The van der Waals surface area contributed by atoms with Crippen LogP contribution in [0.15, 0.2) is 41.7 Å². The predicted octanol–water partition coefficient (Wildman–Crippen LogP) is 5.14. The van der Waals surface area contributed by atoms with E-state index in [4.69, 9.17) is 4.98 Å². The van der Waals surface area contributed by atoms with Crippen molar-refractivity contribution in [3.8, 4) is 17.0 Å². The van der Waals surface area contributed by atoms with Crippen LogP contribution in [0, 0.1) is 5.92 Å². The molecule has 0 amide bonds. The molecule has 5 nitrogen and oxygen atoms in total. The lowest BCUT2D eigenvalue weighted by molar-refractivity contribution is 0.463. The Bertz CT molecular complexity index is 1230. The number of H-pyrrole nitrogens is 1. The molecule has 1 aromatic carbocycles. The topological polar surface area (TPSA) is 78.0 Å². The molecule has 1 aliphatic carbocycles. The van der Waals surface area contributed by atoms with Gasteiger partial charge < -0.3 is 15.4 Å². The molecule has 1 atom stereocenters. The molecule has 3 N–H and O–H groups in total. The number of hydrogen-bond donors (Lipinski definition) is 3. The van der Waals surface area contributed by atoms with Gasteiger partial charge >= 0.3 is 0 Å². The third kappa shape index (κ3) is 4.09. The molecule has 1 saturated carbocycles. The molecule has 2 aromatic heterocycles. The lowest BCUT2D eigenvalue weighted by Gasteiger charge is -2.25. The number of aryl methyl sites for hydroxylation is 1. The Labute approximate surface area is 188 Å². The summed E-state index contributed by atoms with van der Waals surface area (Å²) in [5.74, 6) is 1.40. The molecular formula is C27H31N3O2. The van der Waals surface area contributed by atoms with Crippen LogP contribution in [0.25, 0.3) is 27.9 Å². The van der Waals surface area contributed by atoms with Crippen LogP contribution in [-0.2, 0) is 6.42 Å². The van der Waals surface area contributed by atoms with Gasteiger partial charge in [0.25, 0.3) is 5.56 Å². The first kappa shape index (κ1) is 21.0. The van der Waals surface area contributed by atoms with Crippen molar-refractivity contribution in [1.82, 2.24) is 15.3 Å². The summed E-state index contributed by atoms with van der Waals surface area (Å²) < 4.78 is 0. The van der Waals surface area contributed by atoms with E-state index in [-0.39, 0.29) is 11.3 Å². The summed E-state index contributed by atoms with van der Waals surface area (Å²) in [4.78, 5) is 20.6. The van der Waals surface area contributed by atoms with Gasteiger partial charge in [0.1, 0.15) is 11.4 Å². The SMILES string of the molecule is C=C(C)c1cc2c(C3CCCNC3)cc(-c3c(O)cccc3CCC3CC3)nc2[nH]c1=O. The normalized spacial score (nSPS) is 18.7. The maximum absolute atomic E-state index is 12.7. The Morgan fingerprint density at radius 2 is 2.09 bits per heavy atom. The number of allylic oxidation sites excluding steroid dienone is 1. The van der Waals surface area contributed by atoms with Crippen LogP contribution < -0.4 is 10.9 Å². The minimum absolute atomic E-state index is 0.173. The maximum Gasteiger partial charge on any atom is 0.257 e. The number of aromatic amines is 1. The third-order valence-corrected chi connectivity index (χ3v) is 6.96. The number of phenolic OH excluding ortho intramolecular Hbond substituents is 1. The highest BCUT2D eigenvalue weighted by atomic mass is 16.3. The zero-order chi connectivity index (χ0) is 22.2. The van der Waals surface area contributed by atoms with Crippen molar-refractivity contribution < 1.29 is 5.11 Å². The fraction of sp³-hybridized carbons (Fsp3) is 0.407. The zero-order valence-corrected chi connectivity index (χ0v) is 18.7. The van der Waals surface area contributed by atoms with E-state index in [9.17, 15) is 9.90 Å². The summed E-state index contributed by atoms with van der Waals surface area (Å²) in [6, 6.07) is 9.82. The van der Waals surface area contributed by atoms with Gasteiger partial charge in [-0.25, -0.2) is 4.98 Å². The standard InChI is InChI=1S/C27H31N3O2/c1-16(2)20-13-22-21(19-6-4-12-28-15-19)14-23(29-26(22)30-27(20)32)25-18(5-3-7-24(25)31)11-10-17-8-9-17/h3,5,7,13-14,17,19,28,31H,1,4,6,8-12,15H2,2H3,(H,29,30,32). The van der Waals surface area contributed by atoms with Gasteiger partial charge in [-0.1, -0.05) is 31.6 Å². The summed E-state index contributed by atoms with van der Waals surface area (Å²) in [6.45, 7) is 7.76. The largest absolute Gasteiger partial charge is 0.507 e. The van der Waals surface area contributed by atoms with Crippen molar-refractivity contribution in [1.29, 1.82) is 0 Å². The van der Waals surface area contributed by atoms with Crippen LogP contribution in [0.4, 0.5) is 0 Å². The second-order valence-electron chi connectivity index (χ2n) is 9.49. The van der Waals surface area contributed by atoms with Crippen molar-refractivity contribution in [2.75, 3.05) is 13.1 Å². The van der Waals surface area contributed by atoms with Crippen molar-refractivity contribution >= 4 is 16.6 Å². The van der Waals surface area contributed by atoms with Crippen molar-refractivity contribution in [2.45, 2.75) is 51.4 Å². The van der Waals surface area contributed by atoms with Crippen molar-refractivity contribution in [3.63, 3.8) is 0 Å². The molecule has 3 heterocycles. The maximum atomic E-state index is 12.7. The molecule has 5 heteroatoms. The average Bonchev–Trinajstić information content (AvgIpc) is 3.61. The quantitative estimate of drug-likeness (QED) is 0.507. The fourth-order valence-corrected chi connectivity index (χ4v) is 4.96. The number of rotatable bonds is 6. The number of pyridine rings is 2. The summed E-state index contributed by atoms with van der Waals surface area (Å²) in [7, 11) is 0. The lowest BCUT2D eigenvalue weighted by atomic mass is 9.87. The molecule has 0 spiro atoms. The summed E-state index contributed by atoms with van der Waals surface area (Å²) in [5.41, 5.74) is 5.58. The summed E-state index contributed by atoms with van der Waals surface area (Å²) in [5, 5.41) is 15.3. The molecule has 1 aliphatic heterocycles. The number of phenols is 1. The number of hydrogen-bond acceptors (Lipinski definition) is 4. The van der Waals surface area contributed by atoms with Gasteiger partial charge in [0.15, 0.2) is 0 Å². The first-order valence-corrected chi connectivity index (χ1v) is 11.8. The van der Waals surface area contributed by atoms with Crippen LogP contribution in [0.5, 0.6) is 5.75 Å². The van der Waals surface area contributed by atoms with E-state index in [0.717, 1.165) is 72.5 Å². The number of fused-ring (bicyclic) bond motifs is 1. The van der Waals surface area contributed by atoms with E-state index in [1.807, 2.05) is 19.1 Å². The molecule has 2 fully saturated rings. The molecule has 0 radical (unpaired) electrons. The predicted molar refractivity (Wildman–Crippen MR) is 130 cm³/mol. The Morgan fingerprint density at radius 3 is 2.81 bits per heavy atom. The van der Waals surface area contributed by atoms with Crippen LogP contribution in [-0.4, -0.2) is 28.2 Å². The molecule has 3 aromatic rings. The van der Waals surface area contributed by atoms with Crippen LogP contribution in [0.2, 0.25) is 0 Å². The molecule has 32 heavy (non-hydrogen) atoms. The highest BCUT2D eigenvalue weighted by Crippen LogP contribution is 2.39. The van der Waals surface area contributed by atoms with E-state index in [2.05, 4.69) is 29.0 Å². The van der Waals surface area contributed by atoms with Crippen LogP contribution in [0.1, 0.15) is 61.6 Å². The van der Waals surface area contributed by atoms with Gasteiger partial charge in [0.2, 0.25) is 0 Å². The number of nitrogens with one attached hydrogen (secondary N) is 2. The number of aromatic hydroxyl groups is 1. The van der Waals surface area contributed by atoms with Gasteiger partial charge in [-0.3, -0.25) is 4.79 Å². The van der Waals surface area contributed by atoms with E-state index in [1.165, 1.54) is 18.4 Å². The Morgan fingerprint density at radius 1 is 1.25 bits per heavy atom. The first-order valence-electron chi connectivity index (χ1n) is 11.8. The lowest BCUT2D eigenvalue weighted by Crippen LogP contribution is -2.28. The van der Waals surface area contributed by atoms with Gasteiger partial charge in [-0.05, 0) is 85.9 Å². The second kappa shape index (κ2) is 8.55. The van der Waals surface area contributed by atoms with E-state index in [0.29, 0.717) is 17.1 Å². The second-order valence-corrected chi connectivity index (χ2v) is 9.49. The van der Waals surface area contributed by atoms with Crippen LogP contribution in [0.3, 0.4) is 0 Å². The highest BCUT2D eigenvalue weighted by Gasteiger charge is 2.24. The molecule has 166 valence electrons.